The number of benzene rings is 2. The normalized spacial score (nSPS) is 14.0. The predicted octanol–water partition coefficient (Wildman–Crippen LogP) is 3.55. The van der Waals surface area contributed by atoms with Gasteiger partial charge in [0.05, 0.1) is 21.8 Å². The maximum Gasteiger partial charge on any atom is 0.282 e. The molecule has 22 heavy (non-hydrogen) atoms. The van der Waals surface area contributed by atoms with Crippen LogP contribution in [0.2, 0.25) is 0 Å². The van der Waals surface area contributed by atoms with Crippen LogP contribution in [0.3, 0.4) is 0 Å². The van der Waals surface area contributed by atoms with Gasteiger partial charge in [-0.2, -0.15) is 10.1 Å². The van der Waals surface area contributed by atoms with Crippen LogP contribution in [0.5, 0.6) is 5.75 Å². The highest BCUT2D eigenvalue weighted by molar-refractivity contribution is 9.11. The van der Waals surface area contributed by atoms with Gasteiger partial charge in [0.15, 0.2) is 0 Å². The van der Waals surface area contributed by atoms with Crippen molar-refractivity contribution in [3.05, 3.63) is 62.0 Å². The number of hydrazone groups is 1. The number of nitrogens with zero attached hydrogens (tertiary/aromatic N) is 2. The van der Waals surface area contributed by atoms with E-state index in [1.165, 1.54) is 6.21 Å². The van der Waals surface area contributed by atoms with Crippen molar-refractivity contribution in [2.75, 3.05) is 0 Å². The van der Waals surface area contributed by atoms with Gasteiger partial charge >= 0.3 is 0 Å². The smallest absolute Gasteiger partial charge is 0.282 e. The minimum Gasteiger partial charge on any atom is -0.506 e. The summed E-state index contributed by atoms with van der Waals surface area (Å²) in [4.78, 5) is 24.3. The summed E-state index contributed by atoms with van der Waals surface area (Å²) in [6.45, 7) is 0. The lowest BCUT2D eigenvalue weighted by atomic mass is 10.1. The first kappa shape index (κ1) is 14.9. The summed E-state index contributed by atoms with van der Waals surface area (Å²) < 4.78 is 1.20. The van der Waals surface area contributed by atoms with Crippen LogP contribution in [0.15, 0.2) is 50.4 Å². The Morgan fingerprint density at radius 1 is 1.05 bits per heavy atom. The molecule has 0 atom stereocenters. The van der Waals surface area contributed by atoms with Gasteiger partial charge in [0.1, 0.15) is 5.75 Å². The van der Waals surface area contributed by atoms with Crippen molar-refractivity contribution in [2.24, 2.45) is 5.10 Å². The summed E-state index contributed by atoms with van der Waals surface area (Å²) >= 11 is 6.51. The average Bonchev–Trinajstić information content (AvgIpc) is 2.74. The number of imide groups is 1. The van der Waals surface area contributed by atoms with E-state index in [0.717, 1.165) is 9.48 Å². The molecule has 7 heteroatoms. The highest BCUT2D eigenvalue weighted by Gasteiger charge is 2.35. The molecule has 0 aromatic heterocycles. The largest absolute Gasteiger partial charge is 0.506 e. The van der Waals surface area contributed by atoms with Gasteiger partial charge in [0, 0.05) is 10.0 Å². The molecule has 5 nitrogen and oxygen atoms in total. The van der Waals surface area contributed by atoms with E-state index in [2.05, 4.69) is 37.0 Å². The van der Waals surface area contributed by atoms with Gasteiger partial charge in [-0.15, -0.1) is 0 Å². The second-order valence-electron chi connectivity index (χ2n) is 4.54. The summed E-state index contributed by atoms with van der Waals surface area (Å²) in [5.74, 6) is -0.987. The standard InChI is InChI=1S/C15H8Br2N2O3/c16-9-5-8(13(20)12(17)6-9)7-18-19-14(21)10-3-1-2-4-11(10)15(19)22/h1-7,20H. The fourth-order valence-electron chi connectivity index (χ4n) is 2.09. The Hall–Kier alpha value is -1.99. The van der Waals surface area contributed by atoms with E-state index >= 15 is 0 Å². The molecule has 2 aromatic rings. The van der Waals surface area contributed by atoms with Crippen LogP contribution in [-0.2, 0) is 0 Å². The van der Waals surface area contributed by atoms with E-state index in [1.807, 2.05) is 0 Å². The minimum absolute atomic E-state index is 0.0245. The van der Waals surface area contributed by atoms with Crippen LogP contribution in [-0.4, -0.2) is 28.1 Å². The first-order valence-corrected chi connectivity index (χ1v) is 7.77. The Balaban J connectivity index is 1.95. The summed E-state index contributed by atoms with van der Waals surface area (Å²) in [5, 5.41) is 14.7. The van der Waals surface area contributed by atoms with Gasteiger partial charge in [-0.05, 0) is 40.2 Å². The highest BCUT2D eigenvalue weighted by Crippen LogP contribution is 2.31. The first-order valence-electron chi connectivity index (χ1n) is 6.19. The van der Waals surface area contributed by atoms with Crippen LogP contribution in [0.1, 0.15) is 26.3 Å². The van der Waals surface area contributed by atoms with Crippen LogP contribution in [0.4, 0.5) is 0 Å². The monoisotopic (exact) mass is 422 g/mol. The number of carbonyl (C=O) groups is 2. The molecule has 0 saturated heterocycles. The van der Waals surface area contributed by atoms with Crippen molar-refractivity contribution >= 4 is 49.9 Å². The first-order chi connectivity index (χ1) is 10.5. The fourth-order valence-corrected chi connectivity index (χ4v) is 3.34. The van der Waals surface area contributed by atoms with Gasteiger partial charge in [-0.1, -0.05) is 28.1 Å². The van der Waals surface area contributed by atoms with E-state index in [4.69, 9.17) is 0 Å². The molecule has 0 aliphatic carbocycles. The lowest BCUT2D eigenvalue weighted by Crippen LogP contribution is -2.24. The fraction of sp³-hybridized carbons (Fsp3) is 0. The number of hydrogen-bond donors (Lipinski definition) is 1. The molecule has 0 unspecified atom stereocenters. The number of carbonyl (C=O) groups excluding carboxylic acids is 2. The van der Waals surface area contributed by atoms with Gasteiger partial charge in [0.25, 0.3) is 11.8 Å². The molecule has 0 bridgehead atoms. The molecule has 1 aliphatic heterocycles. The van der Waals surface area contributed by atoms with Crippen LogP contribution < -0.4 is 0 Å². The summed E-state index contributed by atoms with van der Waals surface area (Å²) in [7, 11) is 0. The van der Waals surface area contributed by atoms with Crippen molar-refractivity contribution in [2.45, 2.75) is 0 Å². The average molecular weight is 424 g/mol. The number of halogens is 2. The van der Waals surface area contributed by atoms with Gasteiger partial charge in [0.2, 0.25) is 0 Å². The Morgan fingerprint density at radius 2 is 1.64 bits per heavy atom. The second kappa shape index (κ2) is 5.66. The van der Waals surface area contributed by atoms with Gasteiger partial charge < -0.3 is 5.11 Å². The predicted molar refractivity (Wildman–Crippen MR) is 88.0 cm³/mol. The van der Waals surface area contributed by atoms with Crippen LogP contribution in [0, 0.1) is 0 Å². The van der Waals surface area contributed by atoms with E-state index in [-0.39, 0.29) is 5.75 Å². The van der Waals surface area contributed by atoms with Crippen molar-refractivity contribution in [1.82, 2.24) is 5.01 Å². The van der Waals surface area contributed by atoms with Crippen LogP contribution in [0.25, 0.3) is 0 Å². The third-order valence-corrected chi connectivity index (χ3v) is 4.20. The van der Waals surface area contributed by atoms with Crippen molar-refractivity contribution in [3.63, 3.8) is 0 Å². The molecule has 110 valence electrons. The lowest BCUT2D eigenvalue weighted by Gasteiger charge is -2.07. The van der Waals surface area contributed by atoms with Crippen molar-refractivity contribution < 1.29 is 14.7 Å². The van der Waals surface area contributed by atoms with Crippen molar-refractivity contribution in [3.8, 4) is 5.75 Å². The molecular formula is C15H8Br2N2O3. The zero-order valence-corrected chi connectivity index (χ0v) is 14.1. The molecule has 0 spiro atoms. The molecular weight excluding hydrogens is 416 g/mol. The molecule has 0 fully saturated rings. The third-order valence-electron chi connectivity index (χ3n) is 3.14. The van der Waals surface area contributed by atoms with Crippen LogP contribution >= 0.6 is 31.9 Å². The van der Waals surface area contributed by atoms with E-state index < -0.39 is 11.8 Å². The molecule has 0 radical (unpaired) electrons. The number of amides is 2. The Bertz CT molecular complexity index is 799. The van der Waals surface area contributed by atoms with E-state index in [0.29, 0.717) is 21.2 Å². The SMILES string of the molecule is O=C1c2ccccc2C(=O)N1N=Cc1cc(Br)cc(Br)c1O. The second-order valence-corrected chi connectivity index (χ2v) is 6.31. The van der Waals surface area contributed by atoms with E-state index in [9.17, 15) is 14.7 Å². The number of fused-ring (bicyclic) bond motifs is 1. The Labute approximate surface area is 142 Å². The van der Waals surface area contributed by atoms with Gasteiger partial charge in [-0.25, -0.2) is 0 Å². The summed E-state index contributed by atoms with van der Waals surface area (Å²) in [6, 6.07) is 9.84. The van der Waals surface area contributed by atoms with Crippen molar-refractivity contribution in [1.29, 1.82) is 0 Å². The highest BCUT2D eigenvalue weighted by atomic mass is 79.9. The number of rotatable bonds is 2. The number of phenols is 1. The molecule has 3 rings (SSSR count). The van der Waals surface area contributed by atoms with Gasteiger partial charge in [-0.3, -0.25) is 9.59 Å². The Morgan fingerprint density at radius 3 is 2.23 bits per heavy atom. The number of phenolic OH excluding ortho intramolecular Hbond substituents is 1. The molecule has 0 saturated carbocycles. The zero-order chi connectivity index (χ0) is 15.9. The summed E-state index contributed by atoms with van der Waals surface area (Å²) in [6.07, 6.45) is 1.27. The quantitative estimate of drug-likeness (QED) is 0.593. The maximum absolute atomic E-state index is 12.2. The van der Waals surface area contributed by atoms with E-state index in [1.54, 1.807) is 36.4 Å². The number of aromatic hydroxyl groups is 1. The Kier molecular flexibility index (Phi) is 3.84. The number of hydrogen-bond acceptors (Lipinski definition) is 4. The minimum atomic E-state index is -0.481. The molecule has 1 N–H and O–H groups in total. The lowest BCUT2D eigenvalue weighted by molar-refractivity contribution is 0.0660. The summed E-state index contributed by atoms with van der Waals surface area (Å²) in [5.41, 5.74) is 1.02. The zero-order valence-electron chi connectivity index (χ0n) is 11.0. The molecule has 2 amide bonds. The maximum atomic E-state index is 12.2. The third kappa shape index (κ3) is 2.46. The molecule has 1 aliphatic rings. The molecule has 1 heterocycles. The molecule has 2 aromatic carbocycles. The topological polar surface area (TPSA) is 70.0 Å².